The average molecular weight is 310 g/mol. The van der Waals surface area contributed by atoms with E-state index in [9.17, 15) is 0 Å². The van der Waals surface area contributed by atoms with Crippen molar-refractivity contribution in [1.82, 2.24) is 20.2 Å². The summed E-state index contributed by atoms with van der Waals surface area (Å²) in [6, 6.07) is 7.47. The van der Waals surface area contributed by atoms with Crippen molar-refractivity contribution < 1.29 is 4.74 Å². The van der Waals surface area contributed by atoms with Crippen molar-refractivity contribution in [2.45, 2.75) is 32.4 Å². The zero-order valence-electron chi connectivity index (χ0n) is 12.2. The number of ether oxygens (including phenoxy) is 1. The van der Waals surface area contributed by atoms with E-state index in [-0.39, 0.29) is 12.1 Å². The molecule has 1 unspecified atom stereocenters. The first-order chi connectivity index (χ1) is 10.1. The second-order valence-electron chi connectivity index (χ2n) is 5.05. The monoisotopic (exact) mass is 309 g/mol. The van der Waals surface area contributed by atoms with Crippen LogP contribution in [0.15, 0.2) is 30.6 Å². The van der Waals surface area contributed by atoms with Gasteiger partial charge in [-0.15, -0.1) is 0 Å². The fourth-order valence-corrected chi connectivity index (χ4v) is 2.17. The molecule has 1 atom stereocenters. The summed E-state index contributed by atoms with van der Waals surface area (Å²) in [6.07, 6.45) is 2.19. The lowest BCUT2D eigenvalue weighted by molar-refractivity contribution is 0.260. The van der Waals surface area contributed by atoms with Gasteiger partial charge in [-0.3, -0.25) is 11.3 Å². The molecule has 0 saturated carbocycles. The van der Waals surface area contributed by atoms with Crippen molar-refractivity contribution in [1.29, 1.82) is 0 Å². The van der Waals surface area contributed by atoms with Crippen LogP contribution >= 0.6 is 11.6 Å². The molecule has 0 radical (unpaired) electrons. The van der Waals surface area contributed by atoms with Gasteiger partial charge in [-0.1, -0.05) is 17.7 Å². The second kappa shape index (κ2) is 7.40. The van der Waals surface area contributed by atoms with Gasteiger partial charge in [0.2, 0.25) is 0 Å². The summed E-state index contributed by atoms with van der Waals surface area (Å²) in [5.41, 5.74) is 2.75. The van der Waals surface area contributed by atoms with E-state index >= 15 is 0 Å². The minimum atomic E-state index is -0.0642. The van der Waals surface area contributed by atoms with Crippen LogP contribution in [0.3, 0.4) is 0 Å². The molecule has 0 aliphatic rings. The summed E-state index contributed by atoms with van der Waals surface area (Å²) in [6.45, 7) is 4.54. The molecule has 6 nitrogen and oxygen atoms in total. The van der Waals surface area contributed by atoms with Crippen LogP contribution in [0.5, 0.6) is 5.75 Å². The number of halogens is 1. The van der Waals surface area contributed by atoms with E-state index in [1.807, 2.05) is 16.8 Å². The molecule has 0 bridgehead atoms. The topological polar surface area (TPSA) is 78.0 Å². The first-order valence-electron chi connectivity index (χ1n) is 6.83. The summed E-state index contributed by atoms with van der Waals surface area (Å²) in [5, 5.41) is 4.85. The molecule has 1 heterocycles. The summed E-state index contributed by atoms with van der Waals surface area (Å²) >= 11 is 5.92. The lowest BCUT2D eigenvalue weighted by atomic mass is 10.2. The van der Waals surface area contributed by atoms with Crippen molar-refractivity contribution >= 4 is 11.6 Å². The van der Waals surface area contributed by atoms with Crippen molar-refractivity contribution in [3.63, 3.8) is 0 Å². The Morgan fingerprint density at radius 2 is 2.24 bits per heavy atom. The van der Waals surface area contributed by atoms with Gasteiger partial charge in [0, 0.05) is 17.5 Å². The van der Waals surface area contributed by atoms with E-state index in [2.05, 4.69) is 29.4 Å². The van der Waals surface area contributed by atoms with Crippen molar-refractivity contribution in [3.05, 3.63) is 41.4 Å². The van der Waals surface area contributed by atoms with Crippen molar-refractivity contribution in [3.8, 4) is 5.75 Å². The number of hydrazine groups is 1. The Bertz CT molecular complexity index is 572. The van der Waals surface area contributed by atoms with Gasteiger partial charge in [0.15, 0.2) is 0 Å². The van der Waals surface area contributed by atoms with Crippen LogP contribution in [0.4, 0.5) is 0 Å². The SMILES string of the molecule is CC(C)n1ncnc1CC(COc1cccc(Cl)c1)NN. The van der Waals surface area contributed by atoms with Gasteiger partial charge in [-0.2, -0.15) is 5.10 Å². The summed E-state index contributed by atoms with van der Waals surface area (Å²) in [7, 11) is 0. The van der Waals surface area contributed by atoms with Crippen LogP contribution in [-0.4, -0.2) is 27.4 Å². The molecule has 7 heteroatoms. The molecule has 114 valence electrons. The van der Waals surface area contributed by atoms with Crippen LogP contribution in [0, 0.1) is 0 Å². The number of nitrogens with two attached hydrogens (primary N) is 1. The highest BCUT2D eigenvalue weighted by atomic mass is 35.5. The Kier molecular flexibility index (Phi) is 5.55. The van der Waals surface area contributed by atoms with Crippen LogP contribution in [0.25, 0.3) is 0 Å². The predicted octanol–water partition coefficient (Wildman–Crippen LogP) is 1.97. The first-order valence-corrected chi connectivity index (χ1v) is 7.21. The Morgan fingerprint density at radius 1 is 1.43 bits per heavy atom. The molecular formula is C14H20ClN5O. The molecule has 0 amide bonds. The fourth-order valence-electron chi connectivity index (χ4n) is 1.99. The number of rotatable bonds is 7. The molecule has 2 aromatic rings. The number of nitrogens with one attached hydrogen (secondary N) is 1. The normalized spacial score (nSPS) is 12.6. The molecule has 0 spiro atoms. The number of nitrogens with zero attached hydrogens (tertiary/aromatic N) is 3. The minimum Gasteiger partial charge on any atom is -0.492 e. The molecule has 3 N–H and O–H groups in total. The maximum Gasteiger partial charge on any atom is 0.138 e. The van der Waals surface area contributed by atoms with E-state index in [1.165, 1.54) is 0 Å². The van der Waals surface area contributed by atoms with Gasteiger partial charge < -0.3 is 4.74 Å². The first kappa shape index (κ1) is 15.8. The zero-order valence-corrected chi connectivity index (χ0v) is 12.9. The van der Waals surface area contributed by atoms with Crippen LogP contribution < -0.4 is 16.0 Å². The van der Waals surface area contributed by atoms with Gasteiger partial charge >= 0.3 is 0 Å². The molecule has 1 aromatic heterocycles. The lowest BCUT2D eigenvalue weighted by Gasteiger charge is -2.17. The highest BCUT2D eigenvalue weighted by Gasteiger charge is 2.15. The van der Waals surface area contributed by atoms with Crippen LogP contribution in [-0.2, 0) is 6.42 Å². The number of aromatic nitrogens is 3. The maximum absolute atomic E-state index is 5.92. The molecule has 0 fully saturated rings. The van der Waals surface area contributed by atoms with Gasteiger partial charge in [0.1, 0.15) is 24.5 Å². The average Bonchev–Trinajstić information content (AvgIpc) is 2.91. The standard InChI is InChI=1S/C14H20ClN5O/c1-10(2)20-14(17-9-18-20)7-12(19-16)8-21-13-5-3-4-11(15)6-13/h3-6,9-10,12,19H,7-8,16H2,1-2H3. The van der Waals surface area contributed by atoms with E-state index in [0.29, 0.717) is 23.8 Å². The Hall–Kier alpha value is -1.63. The summed E-state index contributed by atoms with van der Waals surface area (Å²) in [5.74, 6) is 7.19. The third-order valence-electron chi connectivity index (χ3n) is 3.05. The largest absolute Gasteiger partial charge is 0.492 e. The Balaban J connectivity index is 1.95. The molecule has 21 heavy (non-hydrogen) atoms. The van der Waals surface area contributed by atoms with Crippen molar-refractivity contribution in [2.75, 3.05) is 6.61 Å². The van der Waals surface area contributed by atoms with E-state index in [0.717, 1.165) is 5.82 Å². The van der Waals surface area contributed by atoms with E-state index < -0.39 is 0 Å². The lowest BCUT2D eigenvalue weighted by Crippen LogP contribution is -2.41. The molecule has 0 aliphatic heterocycles. The van der Waals surface area contributed by atoms with Gasteiger partial charge in [-0.25, -0.2) is 9.67 Å². The highest BCUT2D eigenvalue weighted by molar-refractivity contribution is 6.30. The van der Waals surface area contributed by atoms with Gasteiger partial charge in [0.05, 0.1) is 6.04 Å². The van der Waals surface area contributed by atoms with Crippen LogP contribution in [0.1, 0.15) is 25.7 Å². The minimum absolute atomic E-state index is 0.0642. The molecular weight excluding hydrogens is 290 g/mol. The molecule has 0 aliphatic carbocycles. The molecule has 0 saturated heterocycles. The predicted molar refractivity (Wildman–Crippen MR) is 82.2 cm³/mol. The third-order valence-corrected chi connectivity index (χ3v) is 3.28. The number of hydrogen-bond acceptors (Lipinski definition) is 5. The fraction of sp³-hybridized carbons (Fsp3) is 0.429. The second-order valence-corrected chi connectivity index (χ2v) is 5.49. The number of hydrogen-bond donors (Lipinski definition) is 2. The molecule has 2 rings (SSSR count). The van der Waals surface area contributed by atoms with E-state index in [1.54, 1.807) is 18.5 Å². The highest BCUT2D eigenvalue weighted by Crippen LogP contribution is 2.17. The maximum atomic E-state index is 5.92. The Morgan fingerprint density at radius 3 is 2.90 bits per heavy atom. The smallest absolute Gasteiger partial charge is 0.138 e. The summed E-state index contributed by atoms with van der Waals surface area (Å²) < 4.78 is 7.58. The van der Waals surface area contributed by atoms with Crippen molar-refractivity contribution in [2.24, 2.45) is 5.84 Å². The molecule has 1 aromatic carbocycles. The quantitative estimate of drug-likeness (QED) is 0.604. The zero-order chi connectivity index (χ0) is 15.2. The van der Waals surface area contributed by atoms with E-state index in [4.69, 9.17) is 22.2 Å². The Labute approximate surface area is 129 Å². The third kappa shape index (κ3) is 4.42. The number of benzene rings is 1. The van der Waals surface area contributed by atoms with Crippen LogP contribution in [0.2, 0.25) is 5.02 Å². The summed E-state index contributed by atoms with van der Waals surface area (Å²) in [4.78, 5) is 4.27. The van der Waals surface area contributed by atoms with Gasteiger partial charge in [-0.05, 0) is 32.0 Å². The van der Waals surface area contributed by atoms with Gasteiger partial charge in [0.25, 0.3) is 0 Å².